The Bertz CT molecular complexity index is 178. The van der Waals surface area contributed by atoms with Crippen molar-refractivity contribution in [2.45, 2.75) is 32.9 Å². The molecule has 1 fully saturated rings. The largest absolute Gasteiger partial charge is 0.447 e. The number of carbonyl (C=O) groups is 1. The van der Waals surface area contributed by atoms with Gasteiger partial charge in [0.15, 0.2) is 6.23 Å². The highest BCUT2D eigenvalue weighted by Gasteiger charge is 2.19. The lowest BCUT2D eigenvalue weighted by Crippen LogP contribution is -2.44. The lowest BCUT2D eigenvalue weighted by Gasteiger charge is -2.31. The minimum Gasteiger partial charge on any atom is -0.447 e. The van der Waals surface area contributed by atoms with E-state index < -0.39 is 0 Å². The van der Waals surface area contributed by atoms with Crippen molar-refractivity contribution in [3.05, 3.63) is 0 Å². The average molecular weight is 201 g/mol. The van der Waals surface area contributed by atoms with Crippen molar-refractivity contribution in [2.75, 3.05) is 26.3 Å². The average Bonchev–Trinajstić information content (AvgIpc) is 2.19. The van der Waals surface area contributed by atoms with E-state index in [4.69, 9.17) is 9.47 Å². The van der Waals surface area contributed by atoms with Crippen LogP contribution in [0.1, 0.15) is 26.7 Å². The SMILES string of the molecule is CCCC(=O)OC(C)N1CCOCC1. The molecule has 0 aromatic rings. The maximum Gasteiger partial charge on any atom is 0.307 e. The number of nitrogens with zero attached hydrogens (tertiary/aromatic N) is 1. The smallest absolute Gasteiger partial charge is 0.307 e. The molecule has 14 heavy (non-hydrogen) atoms. The summed E-state index contributed by atoms with van der Waals surface area (Å²) in [6.45, 7) is 7.05. The Balaban J connectivity index is 2.25. The second-order valence-electron chi connectivity index (χ2n) is 3.49. The minimum absolute atomic E-state index is 0.105. The van der Waals surface area contributed by atoms with Crippen LogP contribution in [0, 0.1) is 0 Å². The Morgan fingerprint density at radius 3 is 2.71 bits per heavy atom. The zero-order valence-corrected chi connectivity index (χ0v) is 8.99. The fourth-order valence-electron chi connectivity index (χ4n) is 1.47. The first-order chi connectivity index (χ1) is 6.74. The number of ether oxygens (including phenoxy) is 2. The van der Waals surface area contributed by atoms with Gasteiger partial charge >= 0.3 is 5.97 Å². The van der Waals surface area contributed by atoms with Crippen LogP contribution in [0.25, 0.3) is 0 Å². The monoisotopic (exact) mass is 201 g/mol. The lowest BCUT2D eigenvalue weighted by molar-refractivity contribution is -0.161. The predicted octanol–water partition coefficient (Wildman–Crippen LogP) is 1.01. The molecule has 1 aliphatic rings. The third-order valence-corrected chi connectivity index (χ3v) is 2.32. The van der Waals surface area contributed by atoms with E-state index in [0.717, 1.165) is 32.7 Å². The molecule has 0 aliphatic carbocycles. The minimum atomic E-state index is -0.113. The summed E-state index contributed by atoms with van der Waals surface area (Å²) in [4.78, 5) is 13.3. The Morgan fingerprint density at radius 2 is 2.14 bits per heavy atom. The van der Waals surface area contributed by atoms with E-state index in [2.05, 4.69) is 4.90 Å². The summed E-state index contributed by atoms with van der Waals surface area (Å²) in [7, 11) is 0. The first-order valence-electron chi connectivity index (χ1n) is 5.25. The maximum absolute atomic E-state index is 11.2. The molecule has 1 heterocycles. The molecule has 0 amide bonds. The molecule has 82 valence electrons. The van der Waals surface area contributed by atoms with Gasteiger partial charge in [0.25, 0.3) is 0 Å². The van der Waals surface area contributed by atoms with E-state index in [9.17, 15) is 4.79 Å². The molecule has 1 rings (SSSR count). The van der Waals surface area contributed by atoms with Gasteiger partial charge in [-0.2, -0.15) is 0 Å². The molecule has 1 unspecified atom stereocenters. The summed E-state index contributed by atoms with van der Waals surface area (Å²) in [6, 6.07) is 0. The van der Waals surface area contributed by atoms with Crippen molar-refractivity contribution in [1.29, 1.82) is 0 Å². The zero-order valence-electron chi connectivity index (χ0n) is 8.99. The summed E-state index contributed by atoms with van der Waals surface area (Å²) in [5.41, 5.74) is 0. The van der Waals surface area contributed by atoms with Crippen molar-refractivity contribution in [3.8, 4) is 0 Å². The number of rotatable bonds is 4. The van der Waals surface area contributed by atoms with Gasteiger partial charge in [0, 0.05) is 19.5 Å². The van der Waals surface area contributed by atoms with Crippen LogP contribution in [0.2, 0.25) is 0 Å². The molecule has 0 radical (unpaired) electrons. The van der Waals surface area contributed by atoms with E-state index >= 15 is 0 Å². The molecule has 1 atom stereocenters. The Kier molecular flexibility index (Phi) is 4.90. The Labute approximate surface area is 85.2 Å². The highest BCUT2D eigenvalue weighted by molar-refractivity contribution is 5.69. The van der Waals surface area contributed by atoms with Gasteiger partial charge in [0.1, 0.15) is 0 Å². The number of hydrogen-bond acceptors (Lipinski definition) is 4. The number of hydrogen-bond donors (Lipinski definition) is 0. The summed E-state index contributed by atoms with van der Waals surface area (Å²) in [5, 5.41) is 0. The quantitative estimate of drug-likeness (QED) is 0.636. The molecule has 4 heteroatoms. The molecule has 0 N–H and O–H groups in total. The van der Waals surface area contributed by atoms with Gasteiger partial charge in [-0.25, -0.2) is 0 Å². The Morgan fingerprint density at radius 1 is 1.50 bits per heavy atom. The summed E-state index contributed by atoms with van der Waals surface area (Å²) >= 11 is 0. The fraction of sp³-hybridized carbons (Fsp3) is 0.900. The van der Waals surface area contributed by atoms with Crippen LogP contribution in [0.15, 0.2) is 0 Å². The highest BCUT2D eigenvalue weighted by Crippen LogP contribution is 2.06. The van der Waals surface area contributed by atoms with E-state index in [1.165, 1.54) is 0 Å². The molecule has 1 saturated heterocycles. The van der Waals surface area contributed by atoms with Crippen molar-refractivity contribution >= 4 is 5.97 Å². The van der Waals surface area contributed by atoms with Crippen LogP contribution < -0.4 is 0 Å². The normalized spacial score (nSPS) is 20.4. The van der Waals surface area contributed by atoms with Gasteiger partial charge in [-0.15, -0.1) is 0 Å². The van der Waals surface area contributed by atoms with Gasteiger partial charge in [-0.05, 0) is 13.3 Å². The zero-order chi connectivity index (χ0) is 10.4. The third-order valence-electron chi connectivity index (χ3n) is 2.32. The molecule has 1 aliphatic heterocycles. The van der Waals surface area contributed by atoms with Crippen LogP contribution >= 0.6 is 0 Å². The first-order valence-corrected chi connectivity index (χ1v) is 5.25. The van der Waals surface area contributed by atoms with E-state index in [1.54, 1.807) is 0 Å². The summed E-state index contributed by atoms with van der Waals surface area (Å²) in [5.74, 6) is -0.105. The second kappa shape index (κ2) is 5.98. The fourth-order valence-corrected chi connectivity index (χ4v) is 1.47. The van der Waals surface area contributed by atoms with Crippen LogP contribution in [0.5, 0.6) is 0 Å². The molecule has 4 nitrogen and oxygen atoms in total. The topological polar surface area (TPSA) is 38.8 Å². The first kappa shape index (κ1) is 11.5. The van der Waals surface area contributed by atoms with Crippen molar-refractivity contribution in [2.24, 2.45) is 0 Å². The van der Waals surface area contributed by atoms with E-state index in [0.29, 0.717) is 6.42 Å². The van der Waals surface area contributed by atoms with Crippen LogP contribution in [0.4, 0.5) is 0 Å². The van der Waals surface area contributed by atoms with Crippen molar-refractivity contribution < 1.29 is 14.3 Å². The van der Waals surface area contributed by atoms with Gasteiger partial charge in [-0.1, -0.05) is 6.92 Å². The summed E-state index contributed by atoms with van der Waals surface area (Å²) in [6.07, 6.45) is 1.24. The molecule has 0 bridgehead atoms. The molecule has 0 aromatic heterocycles. The van der Waals surface area contributed by atoms with Crippen molar-refractivity contribution in [1.82, 2.24) is 4.90 Å². The molecule has 0 saturated carbocycles. The van der Waals surface area contributed by atoms with E-state index in [-0.39, 0.29) is 12.2 Å². The summed E-state index contributed by atoms with van der Waals surface area (Å²) < 4.78 is 10.5. The van der Waals surface area contributed by atoms with Gasteiger partial charge in [0.05, 0.1) is 13.2 Å². The molecular formula is C10H19NO3. The van der Waals surface area contributed by atoms with Crippen molar-refractivity contribution in [3.63, 3.8) is 0 Å². The van der Waals surface area contributed by atoms with Gasteiger partial charge in [0.2, 0.25) is 0 Å². The number of morpholine rings is 1. The highest BCUT2D eigenvalue weighted by atomic mass is 16.6. The second-order valence-corrected chi connectivity index (χ2v) is 3.49. The van der Waals surface area contributed by atoms with Crippen LogP contribution in [-0.4, -0.2) is 43.4 Å². The maximum atomic E-state index is 11.2. The number of esters is 1. The molecule has 0 spiro atoms. The van der Waals surface area contributed by atoms with Crippen LogP contribution in [-0.2, 0) is 14.3 Å². The third kappa shape index (κ3) is 3.64. The van der Waals surface area contributed by atoms with Gasteiger partial charge in [-0.3, -0.25) is 9.69 Å². The Hall–Kier alpha value is -0.610. The number of carbonyl (C=O) groups excluding carboxylic acids is 1. The molecule has 0 aromatic carbocycles. The lowest BCUT2D eigenvalue weighted by atomic mass is 10.3. The van der Waals surface area contributed by atoms with E-state index in [1.807, 2.05) is 13.8 Å². The molecular weight excluding hydrogens is 182 g/mol. The predicted molar refractivity (Wildman–Crippen MR) is 52.9 cm³/mol. The standard InChI is InChI=1S/C10H19NO3/c1-3-4-10(12)14-9(2)11-5-7-13-8-6-11/h9H,3-8H2,1-2H3. The van der Waals surface area contributed by atoms with Gasteiger partial charge < -0.3 is 9.47 Å². The van der Waals surface area contributed by atoms with Crippen LogP contribution in [0.3, 0.4) is 0 Å².